The molecule has 0 spiro atoms. The van der Waals surface area contributed by atoms with Gasteiger partial charge in [-0.05, 0) is 13.3 Å². The Morgan fingerprint density at radius 1 is 1.80 bits per heavy atom. The second kappa shape index (κ2) is 2.21. The van der Waals surface area contributed by atoms with Crippen LogP contribution in [0.2, 0.25) is 0 Å². The van der Waals surface area contributed by atoms with E-state index in [9.17, 15) is 9.90 Å². The van der Waals surface area contributed by atoms with Gasteiger partial charge >= 0.3 is 5.97 Å². The van der Waals surface area contributed by atoms with E-state index < -0.39 is 11.7 Å². The fraction of sp³-hybridized carbons (Fsp3) is 0.833. The molecule has 10 heavy (non-hydrogen) atoms. The Morgan fingerprint density at radius 2 is 2.40 bits per heavy atom. The quantitative estimate of drug-likeness (QED) is 0.466. The Balaban J connectivity index is 2.63. The van der Waals surface area contributed by atoms with E-state index in [2.05, 4.69) is 5.32 Å². The van der Waals surface area contributed by atoms with E-state index in [1.807, 2.05) is 6.92 Å². The number of carbonyl (C=O) groups is 1. The molecule has 58 valence electrons. The molecule has 0 aromatic heterocycles. The maximum absolute atomic E-state index is 10.4. The zero-order chi connectivity index (χ0) is 7.78. The smallest absolute Gasteiger partial charge is 0.351 e. The second-order valence-electron chi connectivity index (χ2n) is 2.75. The van der Waals surface area contributed by atoms with E-state index in [0.29, 0.717) is 12.8 Å². The van der Waals surface area contributed by atoms with Crippen LogP contribution in [0.15, 0.2) is 0 Å². The van der Waals surface area contributed by atoms with E-state index in [0.717, 1.165) is 0 Å². The van der Waals surface area contributed by atoms with Gasteiger partial charge in [0.15, 0.2) is 0 Å². The largest absolute Gasteiger partial charge is 0.478 e. The topological polar surface area (TPSA) is 69.6 Å². The van der Waals surface area contributed by atoms with Gasteiger partial charge in [-0.25, -0.2) is 4.79 Å². The van der Waals surface area contributed by atoms with Gasteiger partial charge in [0.25, 0.3) is 0 Å². The van der Waals surface area contributed by atoms with Gasteiger partial charge < -0.3 is 10.2 Å². The summed E-state index contributed by atoms with van der Waals surface area (Å²) < 4.78 is 0. The molecule has 2 atom stereocenters. The Morgan fingerprint density at radius 3 is 2.60 bits per heavy atom. The zero-order valence-corrected chi connectivity index (χ0v) is 5.79. The highest BCUT2D eigenvalue weighted by atomic mass is 16.4. The van der Waals surface area contributed by atoms with E-state index >= 15 is 0 Å². The molecular weight excluding hydrogens is 134 g/mol. The maximum Gasteiger partial charge on any atom is 0.351 e. The van der Waals surface area contributed by atoms with Crippen molar-refractivity contribution in [3.63, 3.8) is 0 Å². The summed E-state index contributed by atoms with van der Waals surface area (Å²) in [5.41, 5.74) is -1.67. The lowest BCUT2D eigenvalue weighted by molar-refractivity contribution is -0.160. The van der Waals surface area contributed by atoms with Gasteiger partial charge in [-0.2, -0.15) is 0 Å². The van der Waals surface area contributed by atoms with Crippen LogP contribution in [-0.2, 0) is 4.79 Å². The molecule has 4 heteroatoms. The second-order valence-corrected chi connectivity index (χ2v) is 2.75. The van der Waals surface area contributed by atoms with E-state index in [1.165, 1.54) is 0 Å². The molecule has 0 aromatic rings. The Bertz CT molecular complexity index is 159. The van der Waals surface area contributed by atoms with Crippen molar-refractivity contribution in [2.24, 2.45) is 0 Å². The molecule has 0 aromatic carbocycles. The third-order valence-electron chi connectivity index (χ3n) is 1.78. The number of nitrogens with one attached hydrogen (secondary N) is 1. The van der Waals surface area contributed by atoms with Crippen molar-refractivity contribution in [2.45, 2.75) is 31.5 Å². The molecule has 1 heterocycles. The molecule has 3 N–H and O–H groups in total. The van der Waals surface area contributed by atoms with Crippen LogP contribution in [0.1, 0.15) is 19.8 Å². The molecule has 0 aliphatic carbocycles. The van der Waals surface area contributed by atoms with Crippen molar-refractivity contribution in [3.05, 3.63) is 0 Å². The van der Waals surface area contributed by atoms with Gasteiger partial charge in [-0.15, -0.1) is 0 Å². The first-order valence-electron chi connectivity index (χ1n) is 3.28. The van der Waals surface area contributed by atoms with Crippen molar-refractivity contribution in [1.29, 1.82) is 0 Å². The molecule has 0 radical (unpaired) electrons. The average molecular weight is 145 g/mol. The number of aliphatic hydroxyl groups is 1. The number of rotatable bonds is 1. The van der Waals surface area contributed by atoms with Crippen LogP contribution in [0.4, 0.5) is 0 Å². The molecule has 1 aliphatic heterocycles. The molecule has 1 rings (SSSR count). The minimum atomic E-state index is -1.67. The van der Waals surface area contributed by atoms with Gasteiger partial charge in [-0.1, -0.05) is 0 Å². The van der Waals surface area contributed by atoms with Crippen LogP contribution in [0, 0.1) is 0 Å². The van der Waals surface area contributed by atoms with Crippen molar-refractivity contribution >= 4 is 5.97 Å². The number of carboxylic acids is 1. The van der Waals surface area contributed by atoms with Gasteiger partial charge in [0.1, 0.15) is 0 Å². The monoisotopic (exact) mass is 145 g/mol. The van der Waals surface area contributed by atoms with Gasteiger partial charge in [0.05, 0.1) is 0 Å². The SMILES string of the molecule is CC1CC[C@@](O)(C(=O)O)N1. The normalized spacial score (nSPS) is 40.0. The molecule has 0 saturated carbocycles. The third-order valence-corrected chi connectivity index (χ3v) is 1.78. The summed E-state index contributed by atoms with van der Waals surface area (Å²) in [6.45, 7) is 1.85. The summed E-state index contributed by atoms with van der Waals surface area (Å²) in [6, 6.07) is 0.0982. The zero-order valence-electron chi connectivity index (χ0n) is 5.79. The van der Waals surface area contributed by atoms with Crippen molar-refractivity contribution < 1.29 is 15.0 Å². The standard InChI is InChI=1S/C6H11NO3/c1-4-2-3-6(10,7-4)5(8)9/h4,7,10H,2-3H2,1H3,(H,8,9)/t4?,6-/m1/s1. The van der Waals surface area contributed by atoms with E-state index in [4.69, 9.17) is 5.11 Å². The molecule has 0 bridgehead atoms. The lowest BCUT2D eigenvalue weighted by atomic mass is 10.1. The minimum absolute atomic E-state index is 0.0982. The fourth-order valence-corrected chi connectivity index (χ4v) is 1.15. The van der Waals surface area contributed by atoms with Crippen LogP contribution in [-0.4, -0.2) is 27.9 Å². The first-order chi connectivity index (χ1) is 4.54. The summed E-state index contributed by atoms with van der Waals surface area (Å²) in [6.07, 6.45) is 1.01. The van der Waals surface area contributed by atoms with Crippen LogP contribution in [0.3, 0.4) is 0 Å². The lowest BCUT2D eigenvalue weighted by Crippen LogP contribution is -2.49. The number of aliphatic carboxylic acids is 1. The Hall–Kier alpha value is -0.610. The van der Waals surface area contributed by atoms with Gasteiger partial charge in [-0.3, -0.25) is 5.32 Å². The van der Waals surface area contributed by atoms with E-state index in [1.54, 1.807) is 0 Å². The molecular formula is C6H11NO3. The van der Waals surface area contributed by atoms with E-state index in [-0.39, 0.29) is 6.04 Å². The Labute approximate surface area is 58.9 Å². The number of hydrogen-bond donors (Lipinski definition) is 3. The molecule has 1 unspecified atom stereocenters. The van der Waals surface area contributed by atoms with Crippen LogP contribution >= 0.6 is 0 Å². The third kappa shape index (κ3) is 1.12. The predicted molar refractivity (Wildman–Crippen MR) is 34.4 cm³/mol. The highest BCUT2D eigenvalue weighted by molar-refractivity contribution is 5.76. The average Bonchev–Trinajstić information content (AvgIpc) is 2.13. The number of hydrogen-bond acceptors (Lipinski definition) is 3. The van der Waals surface area contributed by atoms with Crippen LogP contribution in [0.5, 0.6) is 0 Å². The van der Waals surface area contributed by atoms with Gasteiger partial charge in [0, 0.05) is 12.5 Å². The van der Waals surface area contributed by atoms with Gasteiger partial charge in [0.2, 0.25) is 5.72 Å². The minimum Gasteiger partial charge on any atom is -0.478 e. The maximum atomic E-state index is 10.4. The first kappa shape index (κ1) is 7.50. The summed E-state index contributed by atoms with van der Waals surface area (Å²) in [4.78, 5) is 10.4. The Kier molecular flexibility index (Phi) is 1.66. The summed E-state index contributed by atoms with van der Waals surface area (Å²) in [7, 11) is 0. The highest BCUT2D eigenvalue weighted by Gasteiger charge is 2.41. The fourth-order valence-electron chi connectivity index (χ4n) is 1.15. The van der Waals surface area contributed by atoms with Crippen LogP contribution in [0.25, 0.3) is 0 Å². The molecule has 4 nitrogen and oxygen atoms in total. The molecule has 1 saturated heterocycles. The number of carboxylic acid groups (broad SMARTS) is 1. The summed E-state index contributed by atoms with van der Waals surface area (Å²) >= 11 is 0. The predicted octanol–water partition coefficient (Wildman–Crippen LogP) is -0.469. The highest BCUT2D eigenvalue weighted by Crippen LogP contribution is 2.20. The molecule has 1 fully saturated rings. The van der Waals surface area contributed by atoms with Crippen molar-refractivity contribution in [3.8, 4) is 0 Å². The molecule has 0 amide bonds. The summed E-state index contributed by atoms with van der Waals surface area (Å²) in [5, 5.41) is 20.3. The van der Waals surface area contributed by atoms with Crippen molar-refractivity contribution in [1.82, 2.24) is 5.32 Å². The first-order valence-corrected chi connectivity index (χ1v) is 3.28. The van der Waals surface area contributed by atoms with Crippen LogP contribution < -0.4 is 5.32 Å². The summed E-state index contributed by atoms with van der Waals surface area (Å²) in [5.74, 6) is -1.18. The molecule has 1 aliphatic rings. The lowest BCUT2D eigenvalue weighted by Gasteiger charge is -2.17. The van der Waals surface area contributed by atoms with Crippen molar-refractivity contribution in [2.75, 3.05) is 0 Å².